The fourth-order valence-corrected chi connectivity index (χ4v) is 4.52. The minimum Gasteiger partial charge on any atom is -0.255 e. The highest BCUT2D eigenvalue weighted by molar-refractivity contribution is 8.00. The van der Waals surface area contributed by atoms with Gasteiger partial charge in [0.1, 0.15) is 0 Å². The van der Waals surface area contributed by atoms with E-state index in [1.165, 1.54) is 9.60 Å². The molecule has 0 saturated carbocycles. The summed E-state index contributed by atoms with van der Waals surface area (Å²) < 4.78 is 1.32. The third kappa shape index (κ3) is 6.16. The molecule has 5 heteroatoms. The molecule has 0 aromatic carbocycles. The summed E-state index contributed by atoms with van der Waals surface area (Å²) in [6.45, 7) is 8.76. The standard InChI is InChI=1S/C10H11NS2.C8H11NS/c1-7(2)13-9-3-5-11-8-4-6-12-10(8)9;1-7(2)10-8-5-3-4-6-9-8/h3-7H,1-2H3;3-7H,1-2H3. The van der Waals surface area contributed by atoms with Gasteiger partial charge >= 0.3 is 0 Å². The molecule has 0 aliphatic carbocycles. The molecule has 2 nitrogen and oxygen atoms in total. The van der Waals surface area contributed by atoms with Gasteiger partial charge in [0.05, 0.1) is 15.2 Å². The van der Waals surface area contributed by atoms with Crippen molar-refractivity contribution in [3.05, 3.63) is 48.1 Å². The van der Waals surface area contributed by atoms with Gasteiger partial charge in [-0.1, -0.05) is 33.8 Å². The molecule has 3 aromatic rings. The summed E-state index contributed by atoms with van der Waals surface area (Å²) in [6, 6.07) is 10.2. The van der Waals surface area contributed by atoms with E-state index in [4.69, 9.17) is 0 Å². The van der Waals surface area contributed by atoms with Crippen LogP contribution in [0.15, 0.2) is 58.0 Å². The SMILES string of the molecule is CC(C)Sc1ccccn1.CC(C)Sc1ccnc2ccsc12. The minimum absolute atomic E-state index is 0.620. The van der Waals surface area contributed by atoms with Gasteiger partial charge < -0.3 is 0 Å². The van der Waals surface area contributed by atoms with Crippen LogP contribution in [0.5, 0.6) is 0 Å². The largest absolute Gasteiger partial charge is 0.255 e. The second-order valence-electron chi connectivity index (χ2n) is 5.45. The molecule has 0 amide bonds. The van der Waals surface area contributed by atoms with Crippen molar-refractivity contribution in [3.63, 3.8) is 0 Å². The molecule has 23 heavy (non-hydrogen) atoms. The first-order valence-corrected chi connectivity index (χ1v) is 10.3. The molecular weight excluding hydrogens is 340 g/mol. The quantitative estimate of drug-likeness (QED) is 0.503. The van der Waals surface area contributed by atoms with Gasteiger partial charge in [-0.15, -0.1) is 34.9 Å². The number of hydrogen-bond acceptors (Lipinski definition) is 5. The van der Waals surface area contributed by atoms with E-state index in [2.05, 4.69) is 55.2 Å². The molecule has 0 bridgehead atoms. The minimum atomic E-state index is 0.620. The lowest BCUT2D eigenvalue weighted by Gasteiger charge is -2.04. The summed E-state index contributed by atoms with van der Waals surface area (Å²) in [5.74, 6) is 0. The molecule has 122 valence electrons. The third-order valence-electron chi connectivity index (χ3n) is 2.66. The van der Waals surface area contributed by atoms with Gasteiger partial charge in [-0.2, -0.15) is 0 Å². The Hall–Kier alpha value is -1.04. The Morgan fingerprint density at radius 2 is 1.65 bits per heavy atom. The maximum Gasteiger partial charge on any atom is 0.0962 e. The van der Waals surface area contributed by atoms with Crippen LogP contribution < -0.4 is 0 Å². The van der Waals surface area contributed by atoms with Gasteiger partial charge in [-0.3, -0.25) is 4.98 Å². The average Bonchev–Trinajstić information content (AvgIpc) is 2.97. The van der Waals surface area contributed by atoms with Gasteiger partial charge in [-0.05, 0) is 29.6 Å². The van der Waals surface area contributed by atoms with Gasteiger partial charge in [0, 0.05) is 27.8 Å². The second-order valence-corrected chi connectivity index (χ2v) is 9.58. The molecule has 3 rings (SSSR count). The molecular formula is C18H22N2S3. The van der Waals surface area contributed by atoms with Crippen LogP contribution in [0.3, 0.4) is 0 Å². The van der Waals surface area contributed by atoms with Crippen LogP contribution in [0.25, 0.3) is 10.2 Å². The van der Waals surface area contributed by atoms with Crippen molar-refractivity contribution in [2.24, 2.45) is 0 Å². The predicted molar refractivity (Wildman–Crippen MR) is 106 cm³/mol. The Kier molecular flexibility index (Phi) is 7.40. The molecule has 3 aromatic heterocycles. The van der Waals surface area contributed by atoms with Gasteiger partial charge in [0.2, 0.25) is 0 Å². The van der Waals surface area contributed by atoms with Crippen LogP contribution in [0.4, 0.5) is 0 Å². The van der Waals surface area contributed by atoms with Crippen molar-refractivity contribution in [2.75, 3.05) is 0 Å². The van der Waals surface area contributed by atoms with E-state index in [9.17, 15) is 0 Å². The fourth-order valence-electron chi connectivity index (χ4n) is 1.85. The van der Waals surface area contributed by atoms with E-state index in [1.54, 1.807) is 23.1 Å². The van der Waals surface area contributed by atoms with Crippen molar-refractivity contribution in [1.29, 1.82) is 0 Å². The van der Waals surface area contributed by atoms with Gasteiger partial charge in [0.15, 0.2) is 0 Å². The zero-order valence-electron chi connectivity index (χ0n) is 13.9. The Labute approximate surface area is 151 Å². The summed E-state index contributed by atoms with van der Waals surface area (Å²) >= 11 is 5.46. The van der Waals surface area contributed by atoms with E-state index >= 15 is 0 Å². The maximum atomic E-state index is 4.31. The topological polar surface area (TPSA) is 25.8 Å². The highest BCUT2D eigenvalue weighted by atomic mass is 32.2. The zero-order valence-corrected chi connectivity index (χ0v) is 16.3. The van der Waals surface area contributed by atoms with Crippen LogP contribution in [0, 0.1) is 0 Å². The van der Waals surface area contributed by atoms with Crippen molar-refractivity contribution >= 4 is 45.1 Å². The number of fused-ring (bicyclic) bond motifs is 1. The Morgan fingerprint density at radius 3 is 2.30 bits per heavy atom. The van der Waals surface area contributed by atoms with Crippen LogP contribution in [-0.4, -0.2) is 20.5 Å². The lowest BCUT2D eigenvalue weighted by Crippen LogP contribution is -1.86. The summed E-state index contributed by atoms with van der Waals surface area (Å²) in [7, 11) is 0. The maximum absolute atomic E-state index is 4.31. The van der Waals surface area contributed by atoms with Crippen molar-refractivity contribution in [1.82, 2.24) is 9.97 Å². The summed E-state index contributed by atoms with van der Waals surface area (Å²) in [6.07, 6.45) is 3.71. The number of rotatable bonds is 4. The number of hydrogen-bond donors (Lipinski definition) is 0. The average molecular weight is 363 g/mol. The third-order valence-corrected chi connectivity index (χ3v) is 5.75. The number of aromatic nitrogens is 2. The molecule has 0 saturated heterocycles. The van der Waals surface area contributed by atoms with E-state index in [0.717, 1.165) is 10.5 Å². The molecule has 0 aliphatic heterocycles. The molecule has 0 radical (unpaired) electrons. The molecule has 3 heterocycles. The highest BCUT2D eigenvalue weighted by Crippen LogP contribution is 2.32. The number of thiophene rings is 1. The van der Waals surface area contributed by atoms with Crippen molar-refractivity contribution in [2.45, 2.75) is 48.1 Å². The van der Waals surface area contributed by atoms with E-state index < -0.39 is 0 Å². The predicted octanol–water partition coefficient (Wildman–Crippen LogP) is 6.38. The first-order valence-electron chi connectivity index (χ1n) is 7.63. The van der Waals surface area contributed by atoms with Gasteiger partial charge in [-0.25, -0.2) is 4.98 Å². The number of thioether (sulfide) groups is 2. The van der Waals surface area contributed by atoms with Crippen molar-refractivity contribution < 1.29 is 0 Å². The lowest BCUT2D eigenvalue weighted by atomic mass is 10.4. The Morgan fingerprint density at radius 1 is 0.870 bits per heavy atom. The highest BCUT2D eigenvalue weighted by Gasteiger charge is 2.05. The van der Waals surface area contributed by atoms with E-state index in [1.807, 2.05) is 42.4 Å². The first kappa shape index (κ1) is 18.3. The van der Waals surface area contributed by atoms with Crippen LogP contribution in [0.1, 0.15) is 27.7 Å². The molecule has 0 atom stereocenters. The van der Waals surface area contributed by atoms with Gasteiger partial charge in [0.25, 0.3) is 0 Å². The fraction of sp³-hybridized carbons (Fsp3) is 0.333. The zero-order chi connectivity index (χ0) is 16.7. The van der Waals surface area contributed by atoms with Crippen LogP contribution in [0.2, 0.25) is 0 Å². The van der Waals surface area contributed by atoms with E-state index in [-0.39, 0.29) is 0 Å². The summed E-state index contributed by atoms with van der Waals surface area (Å²) in [5.41, 5.74) is 1.12. The number of nitrogens with zero attached hydrogens (tertiary/aromatic N) is 2. The molecule has 0 aliphatic rings. The molecule has 0 spiro atoms. The monoisotopic (exact) mass is 362 g/mol. The summed E-state index contributed by atoms with van der Waals surface area (Å²) in [5, 5.41) is 4.46. The normalized spacial score (nSPS) is 10.9. The molecule has 0 unspecified atom stereocenters. The summed E-state index contributed by atoms with van der Waals surface area (Å²) in [4.78, 5) is 9.84. The van der Waals surface area contributed by atoms with Crippen LogP contribution >= 0.6 is 34.9 Å². The van der Waals surface area contributed by atoms with Crippen molar-refractivity contribution in [3.8, 4) is 0 Å². The first-order chi connectivity index (χ1) is 11.1. The Bertz CT molecular complexity index is 708. The van der Waals surface area contributed by atoms with E-state index in [0.29, 0.717) is 10.5 Å². The smallest absolute Gasteiger partial charge is 0.0962 e. The number of pyridine rings is 2. The molecule has 0 fully saturated rings. The second kappa shape index (κ2) is 9.30. The Balaban J connectivity index is 0.000000174. The lowest BCUT2D eigenvalue weighted by molar-refractivity contribution is 1.07. The molecule has 0 N–H and O–H groups in total. The van der Waals surface area contributed by atoms with Crippen LogP contribution in [-0.2, 0) is 0 Å².